The Bertz CT molecular complexity index is 339. The third kappa shape index (κ3) is 3.35. The van der Waals surface area contributed by atoms with Gasteiger partial charge in [-0.2, -0.15) is 5.10 Å². The fourth-order valence-electron chi connectivity index (χ4n) is 3.21. The lowest BCUT2D eigenvalue weighted by molar-refractivity contribution is 0.399. The van der Waals surface area contributed by atoms with Crippen molar-refractivity contribution in [3.8, 4) is 0 Å². The monoisotopic (exact) mass is 249 g/mol. The molecule has 0 spiro atoms. The molecule has 1 unspecified atom stereocenters. The van der Waals surface area contributed by atoms with Crippen LogP contribution >= 0.6 is 0 Å². The highest BCUT2D eigenvalue weighted by atomic mass is 15.3. The minimum atomic E-state index is 0.484. The zero-order valence-corrected chi connectivity index (χ0v) is 11.9. The highest BCUT2D eigenvalue weighted by Crippen LogP contribution is 2.31. The van der Waals surface area contributed by atoms with Gasteiger partial charge in [0.15, 0.2) is 0 Å². The van der Waals surface area contributed by atoms with Gasteiger partial charge in [-0.25, -0.2) is 0 Å². The Labute approximate surface area is 111 Å². The Morgan fingerprint density at radius 1 is 1.39 bits per heavy atom. The number of aromatic nitrogens is 2. The van der Waals surface area contributed by atoms with Gasteiger partial charge in [0.1, 0.15) is 0 Å². The predicted molar refractivity (Wildman–Crippen MR) is 75.5 cm³/mol. The number of hydrogen-bond acceptors (Lipinski definition) is 2. The molecule has 1 aromatic rings. The predicted octanol–water partition coefficient (Wildman–Crippen LogP) is 3.52. The first-order chi connectivity index (χ1) is 8.85. The van der Waals surface area contributed by atoms with Gasteiger partial charge in [-0.1, -0.05) is 32.6 Å². The topological polar surface area (TPSA) is 29.9 Å². The lowest BCUT2D eigenvalue weighted by Crippen LogP contribution is -2.24. The molecule has 0 bridgehead atoms. The Balaban J connectivity index is 1.94. The van der Waals surface area contributed by atoms with Gasteiger partial charge in [0.2, 0.25) is 0 Å². The normalized spacial score (nSPS) is 18.3. The summed E-state index contributed by atoms with van der Waals surface area (Å²) in [6.45, 7) is 6.35. The Morgan fingerprint density at radius 2 is 2.17 bits per heavy atom. The molecule has 1 saturated carbocycles. The quantitative estimate of drug-likeness (QED) is 0.801. The Kier molecular flexibility index (Phi) is 5.24. The Hall–Kier alpha value is -0.830. The zero-order chi connectivity index (χ0) is 12.8. The van der Waals surface area contributed by atoms with E-state index >= 15 is 0 Å². The first kappa shape index (κ1) is 13.6. The van der Waals surface area contributed by atoms with Crippen molar-refractivity contribution in [2.24, 2.45) is 5.92 Å². The van der Waals surface area contributed by atoms with Gasteiger partial charge >= 0.3 is 0 Å². The van der Waals surface area contributed by atoms with Crippen molar-refractivity contribution in [1.29, 1.82) is 0 Å². The van der Waals surface area contributed by atoms with Crippen LogP contribution in [0.25, 0.3) is 0 Å². The van der Waals surface area contributed by atoms with Crippen molar-refractivity contribution in [2.45, 2.75) is 65.0 Å². The molecule has 0 aliphatic heterocycles. The van der Waals surface area contributed by atoms with Crippen LogP contribution in [0.15, 0.2) is 12.3 Å². The van der Waals surface area contributed by atoms with Crippen LogP contribution < -0.4 is 5.32 Å². The number of nitrogens with one attached hydrogen (secondary N) is 1. The van der Waals surface area contributed by atoms with Crippen molar-refractivity contribution < 1.29 is 0 Å². The van der Waals surface area contributed by atoms with Crippen molar-refractivity contribution in [2.75, 3.05) is 6.54 Å². The highest BCUT2D eigenvalue weighted by molar-refractivity contribution is 5.07. The van der Waals surface area contributed by atoms with E-state index in [0.29, 0.717) is 6.04 Å². The number of nitrogens with zero attached hydrogens (tertiary/aromatic N) is 2. The lowest BCUT2D eigenvalue weighted by Gasteiger charge is -2.20. The maximum Gasteiger partial charge on any atom is 0.0553 e. The van der Waals surface area contributed by atoms with Crippen LogP contribution in [0, 0.1) is 5.92 Å². The molecule has 0 amide bonds. The molecule has 2 rings (SSSR count). The summed E-state index contributed by atoms with van der Waals surface area (Å²) < 4.78 is 2.13. The highest BCUT2D eigenvalue weighted by Gasteiger charge is 2.19. The summed E-state index contributed by atoms with van der Waals surface area (Å²) in [6, 6.07) is 2.66. The number of hydrogen-bond donors (Lipinski definition) is 1. The molecule has 1 atom stereocenters. The van der Waals surface area contributed by atoms with Crippen LogP contribution in [-0.2, 0) is 6.54 Å². The smallest absolute Gasteiger partial charge is 0.0553 e. The molecule has 1 aliphatic rings. The molecule has 0 saturated heterocycles. The number of aryl methyl sites for hydroxylation is 1. The second kappa shape index (κ2) is 6.93. The van der Waals surface area contributed by atoms with Crippen LogP contribution in [-0.4, -0.2) is 16.3 Å². The third-order valence-corrected chi connectivity index (χ3v) is 4.19. The van der Waals surface area contributed by atoms with Gasteiger partial charge in [0.25, 0.3) is 0 Å². The zero-order valence-electron chi connectivity index (χ0n) is 11.9. The van der Waals surface area contributed by atoms with Gasteiger partial charge in [-0.15, -0.1) is 0 Å². The molecule has 0 radical (unpaired) electrons. The van der Waals surface area contributed by atoms with E-state index in [0.717, 1.165) is 19.0 Å². The molecule has 102 valence electrons. The second-order valence-electron chi connectivity index (χ2n) is 5.41. The fourth-order valence-corrected chi connectivity index (χ4v) is 3.21. The van der Waals surface area contributed by atoms with Crippen LogP contribution in [0.4, 0.5) is 0 Å². The van der Waals surface area contributed by atoms with Gasteiger partial charge in [0, 0.05) is 18.8 Å². The molecule has 18 heavy (non-hydrogen) atoms. The summed E-state index contributed by atoms with van der Waals surface area (Å²) in [4.78, 5) is 0. The Morgan fingerprint density at radius 3 is 2.83 bits per heavy atom. The van der Waals surface area contributed by atoms with Crippen LogP contribution in [0.5, 0.6) is 0 Å². The van der Waals surface area contributed by atoms with Crippen LogP contribution in [0.3, 0.4) is 0 Å². The molecule has 3 heteroatoms. The molecule has 1 N–H and O–H groups in total. The third-order valence-electron chi connectivity index (χ3n) is 4.19. The van der Waals surface area contributed by atoms with Gasteiger partial charge < -0.3 is 5.32 Å². The molecule has 3 nitrogen and oxygen atoms in total. The fraction of sp³-hybridized carbons (Fsp3) is 0.800. The summed E-state index contributed by atoms with van der Waals surface area (Å²) >= 11 is 0. The molecule has 1 aliphatic carbocycles. The SMILES string of the molecule is CCNC(CCC1CCCC1)c1ccnn1CC. The van der Waals surface area contributed by atoms with Crippen molar-refractivity contribution >= 4 is 0 Å². The van der Waals surface area contributed by atoms with E-state index in [1.54, 1.807) is 0 Å². The molecular formula is C15H27N3. The van der Waals surface area contributed by atoms with Crippen LogP contribution in [0.2, 0.25) is 0 Å². The van der Waals surface area contributed by atoms with Crippen molar-refractivity contribution in [3.63, 3.8) is 0 Å². The molecular weight excluding hydrogens is 222 g/mol. The van der Waals surface area contributed by atoms with Crippen molar-refractivity contribution in [1.82, 2.24) is 15.1 Å². The summed E-state index contributed by atoms with van der Waals surface area (Å²) in [7, 11) is 0. The first-order valence-electron chi connectivity index (χ1n) is 7.60. The largest absolute Gasteiger partial charge is 0.309 e. The maximum atomic E-state index is 4.39. The average molecular weight is 249 g/mol. The van der Waals surface area contributed by atoms with E-state index in [-0.39, 0.29) is 0 Å². The van der Waals surface area contributed by atoms with Crippen molar-refractivity contribution in [3.05, 3.63) is 18.0 Å². The lowest BCUT2D eigenvalue weighted by atomic mass is 9.97. The average Bonchev–Trinajstić information content (AvgIpc) is 3.04. The molecule has 1 heterocycles. The molecule has 1 aromatic heterocycles. The van der Waals surface area contributed by atoms with Gasteiger partial charge in [-0.3, -0.25) is 4.68 Å². The van der Waals surface area contributed by atoms with E-state index < -0.39 is 0 Å². The summed E-state index contributed by atoms with van der Waals surface area (Å²) in [5.74, 6) is 0.976. The molecule has 0 aromatic carbocycles. The van der Waals surface area contributed by atoms with E-state index in [1.807, 2.05) is 6.20 Å². The van der Waals surface area contributed by atoms with Gasteiger partial charge in [0.05, 0.1) is 5.69 Å². The summed E-state index contributed by atoms with van der Waals surface area (Å²) in [6.07, 6.45) is 10.3. The minimum Gasteiger partial charge on any atom is -0.309 e. The standard InChI is InChI=1S/C15H27N3/c1-3-16-14(10-9-13-7-5-6-8-13)15-11-12-17-18(15)4-2/h11-14,16H,3-10H2,1-2H3. The second-order valence-corrected chi connectivity index (χ2v) is 5.41. The first-order valence-corrected chi connectivity index (χ1v) is 7.60. The van der Waals surface area contributed by atoms with E-state index in [9.17, 15) is 0 Å². The van der Waals surface area contributed by atoms with E-state index in [4.69, 9.17) is 0 Å². The van der Waals surface area contributed by atoms with E-state index in [1.165, 1.54) is 44.2 Å². The van der Waals surface area contributed by atoms with E-state index in [2.05, 4.69) is 35.0 Å². The van der Waals surface area contributed by atoms with Gasteiger partial charge in [-0.05, 0) is 38.3 Å². The summed E-state index contributed by atoms with van der Waals surface area (Å²) in [5, 5.41) is 8.02. The number of rotatable bonds is 7. The van der Waals surface area contributed by atoms with Crippen LogP contribution in [0.1, 0.15) is 64.1 Å². The summed E-state index contributed by atoms with van der Waals surface area (Å²) in [5.41, 5.74) is 1.36. The maximum absolute atomic E-state index is 4.39. The molecule has 1 fully saturated rings. The minimum absolute atomic E-state index is 0.484.